The van der Waals surface area contributed by atoms with Gasteiger partial charge in [0.2, 0.25) is 10.0 Å². The average molecular weight is 378 g/mol. The highest BCUT2D eigenvalue weighted by molar-refractivity contribution is 9.10. The number of nitrogens with one attached hydrogen (secondary N) is 1. The summed E-state index contributed by atoms with van der Waals surface area (Å²) >= 11 is 3.09. The van der Waals surface area contributed by atoms with E-state index in [0.29, 0.717) is 10.4 Å². The Morgan fingerprint density at radius 2 is 1.95 bits per heavy atom. The number of rotatable bonds is 6. The molecule has 1 aromatic rings. The van der Waals surface area contributed by atoms with Crippen LogP contribution < -0.4 is 4.72 Å². The van der Waals surface area contributed by atoms with Crippen molar-refractivity contribution in [3.63, 3.8) is 0 Å². The van der Waals surface area contributed by atoms with E-state index >= 15 is 0 Å². The molecule has 1 rings (SSSR count). The van der Waals surface area contributed by atoms with Crippen LogP contribution in [0.4, 0.5) is 0 Å². The van der Waals surface area contributed by atoms with Crippen molar-refractivity contribution < 1.29 is 18.3 Å². The number of carboxylic acids is 1. The summed E-state index contributed by atoms with van der Waals surface area (Å²) in [5.41, 5.74) is -0.279. The van der Waals surface area contributed by atoms with Gasteiger partial charge >= 0.3 is 5.97 Å². The van der Waals surface area contributed by atoms with Crippen molar-refractivity contribution >= 4 is 31.9 Å². The first-order valence-corrected chi connectivity index (χ1v) is 8.77. The highest BCUT2D eigenvalue weighted by Crippen LogP contribution is 2.26. The molecule has 0 aliphatic rings. The van der Waals surface area contributed by atoms with Crippen LogP contribution in [0, 0.1) is 11.3 Å². The number of sulfonamides is 1. The fourth-order valence-corrected chi connectivity index (χ4v) is 3.07. The van der Waals surface area contributed by atoms with Gasteiger partial charge in [0.15, 0.2) is 0 Å². The molecule has 5 nitrogen and oxygen atoms in total. The van der Waals surface area contributed by atoms with Crippen molar-refractivity contribution in [1.29, 1.82) is 0 Å². The first-order chi connectivity index (χ1) is 9.47. The SMILES string of the molecule is CC(C)C(C)(C)CNS(=O)(=O)c1ccc(Br)c(C(=O)O)c1. The second-order valence-electron chi connectivity index (χ2n) is 5.91. The smallest absolute Gasteiger partial charge is 0.336 e. The molecular weight excluding hydrogens is 358 g/mol. The van der Waals surface area contributed by atoms with E-state index in [1.54, 1.807) is 0 Å². The van der Waals surface area contributed by atoms with Crippen LogP contribution in [-0.4, -0.2) is 26.0 Å². The van der Waals surface area contributed by atoms with E-state index in [0.717, 1.165) is 6.07 Å². The lowest BCUT2D eigenvalue weighted by Gasteiger charge is -2.29. The van der Waals surface area contributed by atoms with Gasteiger partial charge in [-0.05, 0) is 45.5 Å². The summed E-state index contributed by atoms with van der Waals surface area (Å²) in [7, 11) is -3.73. The molecule has 0 radical (unpaired) electrons. The minimum atomic E-state index is -3.73. The molecule has 0 bridgehead atoms. The minimum absolute atomic E-state index is 0.0531. The minimum Gasteiger partial charge on any atom is -0.478 e. The molecule has 0 amide bonds. The molecule has 0 atom stereocenters. The molecule has 0 aliphatic heterocycles. The van der Waals surface area contributed by atoms with Gasteiger partial charge in [-0.3, -0.25) is 0 Å². The van der Waals surface area contributed by atoms with Crippen molar-refractivity contribution in [2.75, 3.05) is 6.54 Å². The molecular formula is C14H20BrNO4S. The van der Waals surface area contributed by atoms with E-state index in [1.165, 1.54) is 12.1 Å². The van der Waals surface area contributed by atoms with Crippen LogP contribution in [0.3, 0.4) is 0 Å². The lowest BCUT2D eigenvalue weighted by Crippen LogP contribution is -2.37. The molecule has 0 fully saturated rings. The number of halogens is 1. The maximum atomic E-state index is 12.3. The maximum absolute atomic E-state index is 12.3. The van der Waals surface area contributed by atoms with Crippen molar-refractivity contribution in [2.24, 2.45) is 11.3 Å². The third kappa shape index (κ3) is 4.52. The average Bonchev–Trinajstić information content (AvgIpc) is 2.36. The fraction of sp³-hybridized carbons (Fsp3) is 0.500. The van der Waals surface area contributed by atoms with E-state index in [9.17, 15) is 13.2 Å². The van der Waals surface area contributed by atoms with Gasteiger partial charge in [0, 0.05) is 11.0 Å². The second-order valence-corrected chi connectivity index (χ2v) is 8.54. The summed E-state index contributed by atoms with van der Waals surface area (Å²) in [4.78, 5) is 11.0. The zero-order valence-electron chi connectivity index (χ0n) is 12.5. The molecule has 1 aromatic carbocycles. The van der Waals surface area contributed by atoms with Crippen molar-refractivity contribution in [3.8, 4) is 0 Å². The summed E-state index contributed by atoms with van der Waals surface area (Å²) in [6.07, 6.45) is 0. The molecule has 0 unspecified atom stereocenters. The fourth-order valence-electron chi connectivity index (χ4n) is 1.40. The summed E-state index contributed by atoms with van der Waals surface area (Å²) in [5, 5.41) is 9.04. The van der Waals surface area contributed by atoms with Crippen LogP contribution in [0.5, 0.6) is 0 Å². The summed E-state index contributed by atoms with van der Waals surface area (Å²) in [5.74, 6) is -0.874. The molecule has 7 heteroatoms. The van der Waals surface area contributed by atoms with Gasteiger partial charge in [0.05, 0.1) is 10.5 Å². The van der Waals surface area contributed by atoms with E-state index in [1.807, 2.05) is 27.7 Å². The quantitative estimate of drug-likeness (QED) is 0.797. The molecule has 0 saturated heterocycles. The van der Waals surface area contributed by atoms with E-state index in [2.05, 4.69) is 20.7 Å². The van der Waals surface area contributed by atoms with E-state index in [-0.39, 0.29) is 22.4 Å². The Morgan fingerprint density at radius 1 is 1.38 bits per heavy atom. The Kier molecular flexibility index (Phi) is 5.57. The Morgan fingerprint density at radius 3 is 2.43 bits per heavy atom. The predicted molar refractivity (Wildman–Crippen MR) is 84.9 cm³/mol. The normalized spacial score (nSPS) is 12.7. The predicted octanol–water partition coefficient (Wildman–Crippen LogP) is 3.11. The van der Waals surface area contributed by atoms with Gasteiger partial charge in [-0.1, -0.05) is 27.7 Å². The Bertz CT molecular complexity index is 638. The van der Waals surface area contributed by atoms with Crippen LogP contribution in [-0.2, 0) is 10.0 Å². The van der Waals surface area contributed by atoms with Gasteiger partial charge in [-0.25, -0.2) is 17.9 Å². The number of hydrogen-bond donors (Lipinski definition) is 2. The zero-order chi connectivity index (χ0) is 16.4. The Labute approximate surface area is 133 Å². The lowest BCUT2D eigenvalue weighted by molar-refractivity contribution is 0.0695. The Hall–Kier alpha value is -0.920. The third-order valence-corrected chi connectivity index (χ3v) is 5.85. The number of carbonyl (C=O) groups is 1. The summed E-state index contributed by atoms with van der Waals surface area (Å²) in [6.45, 7) is 8.29. The monoisotopic (exact) mass is 377 g/mol. The zero-order valence-corrected chi connectivity index (χ0v) is 14.9. The third-order valence-electron chi connectivity index (χ3n) is 3.76. The van der Waals surface area contributed by atoms with Crippen LogP contribution in [0.25, 0.3) is 0 Å². The molecule has 118 valence electrons. The van der Waals surface area contributed by atoms with Gasteiger partial charge in [0.25, 0.3) is 0 Å². The lowest BCUT2D eigenvalue weighted by atomic mass is 9.81. The van der Waals surface area contributed by atoms with Crippen molar-refractivity contribution in [2.45, 2.75) is 32.6 Å². The van der Waals surface area contributed by atoms with Gasteiger partial charge in [0.1, 0.15) is 0 Å². The van der Waals surface area contributed by atoms with E-state index in [4.69, 9.17) is 5.11 Å². The van der Waals surface area contributed by atoms with Crippen LogP contribution >= 0.6 is 15.9 Å². The van der Waals surface area contributed by atoms with Crippen LogP contribution in [0.2, 0.25) is 0 Å². The molecule has 0 aliphatic carbocycles. The number of benzene rings is 1. The first-order valence-electron chi connectivity index (χ1n) is 6.50. The summed E-state index contributed by atoms with van der Waals surface area (Å²) < 4.78 is 27.4. The maximum Gasteiger partial charge on any atom is 0.336 e. The van der Waals surface area contributed by atoms with Crippen molar-refractivity contribution in [3.05, 3.63) is 28.2 Å². The first kappa shape index (κ1) is 18.1. The number of aromatic carboxylic acids is 1. The van der Waals surface area contributed by atoms with Crippen LogP contribution in [0.1, 0.15) is 38.1 Å². The topological polar surface area (TPSA) is 83.5 Å². The van der Waals surface area contributed by atoms with Crippen LogP contribution in [0.15, 0.2) is 27.6 Å². The number of hydrogen-bond acceptors (Lipinski definition) is 3. The summed E-state index contributed by atoms with van der Waals surface area (Å²) in [6, 6.07) is 3.95. The molecule has 0 spiro atoms. The highest BCUT2D eigenvalue weighted by Gasteiger charge is 2.26. The molecule has 0 aromatic heterocycles. The van der Waals surface area contributed by atoms with Gasteiger partial charge in [-0.2, -0.15) is 0 Å². The Balaban J connectivity index is 3.04. The van der Waals surface area contributed by atoms with E-state index < -0.39 is 16.0 Å². The molecule has 0 heterocycles. The molecule has 0 saturated carbocycles. The number of carboxylic acid groups (broad SMARTS) is 1. The van der Waals surface area contributed by atoms with Crippen molar-refractivity contribution in [1.82, 2.24) is 4.72 Å². The van der Waals surface area contributed by atoms with Gasteiger partial charge in [-0.15, -0.1) is 0 Å². The standard InChI is InChI=1S/C14H20BrNO4S/c1-9(2)14(3,4)8-16-21(19,20)10-5-6-12(15)11(7-10)13(17)18/h5-7,9,16H,8H2,1-4H3,(H,17,18). The molecule has 2 N–H and O–H groups in total. The largest absolute Gasteiger partial charge is 0.478 e. The molecule has 21 heavy (non-hydrogen) atoms. The highest BCUT2D eigenvalue weighted by atomic mass is 79.9. The van der Waals surface area contributed by atoms with Gasteiger partial charge < -0.3 is 5.11 Å². The second kappa shape index (κ2) is 6.46.